The Morgan fingerprint density at radius 1 is 1.31 bits per heavy atom. The number of halogens is 2. The molecule has 1 saturated heterocycles. The molecule has 0 spiro atoms. The third-order valence-electron chi connectivity index (χ3n) is 5.71. The lowest BCUT2D eigenvalue weighted by Crippen LogP contribution is -2.44. The van der Waals surface area contributed by atoms with Gasteiger partial charge in [-0.1, -0.05) is 23.7 Å². The number of benzene rings is 1. The number of esters is 1. The van der Waals surface area contributed by atoms with E-state index in [2.05, 4.69) is 5.32 Å². The minimum atomic E-state index is -0.766. The lowest BCUT2D eigenvalue weighted by molar-refractivity contribution is -0.136. The molecule has 0 aliphatic carbocycles. The molecule has 10 heteroatoms. The number of nitrogens with two attached hydrogens (primary N) is 1. The monoisotopic (exact) mass is 476 g/mol. The average molecular weight is 477 g/mol. The minimum Gasteiger partial charge on any atom is -0.466 e. The lowest BCUT2D eigenvalue weighted by atomic mass is 9.85. The molecule has 4 rings (SSSR count). The zero-order valence-electron chi connectivity index (χ0n) is 17.3. The maximum Gasteiger partial charge on any atom is 0.338 e. The molecule has 3 heterocycles. The Bertz CT molecular complexity index is 1090. The number of rotatable bonds is 4. The van der Waals surface area contributed by atoms with Crippen molar-refractivity contribution in [3.8, 4) is 0 Å². The Morgan fingerprint density at radius 2 is 2.06 bits per heavy atom. The van der Waals surface area contributed by atoms with E-state index in [1.807, 2.05) is 17.5 Å². The molecule has 0 bridgehead atoms. The highest BCUT2D eigenvalue weighted by Crippen LogP contribution is 2.40. The first-order valence-electron chi connectivity index (χ1n) is 10.1. The molecule has 3 N–H and O–H groups in total. The normalized spacial score (nSPS) is 19.4. The number of likely N-dealkylation sites (tertiary alicyclic amines) is 1. The predicted molar refractivity (Wildman–Crippen MR) is 121 cm³/mol. The molecule has 7 nitrogen and oxygen atoms in total. The van der Waals surface area contributed by atoms with Gasteiger partial charge < -0.3 is 20.7 Å². The minimum absolute atomic E-state index is 0.0492. The standard InChI is InChI=1S/C22H22ClFN4O3S/c1-31-21(29)17-18(12-6-8-28(9-7-12)22(25)30)26-20(16-3-2-10-32-16)27-19(17)14-5-4-13(24)11-15(14)23/h2-5,10-12,19H,6-9H2,1H3,(H2,25,30)(H,26,27). The van der Waals surface area contributed by atoms with Gasteiger partial charge in [-0.2, -0.15) is 0 Å². The van der Waals surface area contributed by atoms with Crippen molar-refractivity contribution in [3.63, 3.8) is 0 Å². The topological polar surface area (TPSA) is 97.0 Å². The SMILES string of the molecule is COC(=O)C1=C(C2CCN(C(N)=O)CC2)NC(c2cccs2)=NC1c1ccc(F)cc1Cl. The van der Waals surface area contributed by atoms with Gasteiger partial charge in [0.25, 0.3) is 0 Å². The van der Waals surface area contributed by atoms with Gasteiger partial charge in [0.15, 0.2) is 0 Å². The van der Waals surface area contributed by atoms with E-state index in [4.69, 9.17) is 27.1 Å². The van der Waals surface area contributed by atoms with E-state index in [0.717, 1.165) is 4.88 Å². The van der Waals surface area contributed by atoms with Crippen LogP contribution in [0.1, 0.15) is 29.3 Å². The van der Waals surface area contributed by atoms with Crippen LogP contribution in [0.15, 0.2) is 52.0 Å². The average Bonchev–Trinajstić information content (AvgIpc) is 3.33. The number of aliphatic imine (C=N–C) groups is 1. The number of nitrogens with zero attached hydrogens (tertiary/aromatic N) is 2. The highest BCUT2D eigenvalue weighted by Gasteiger charge is 2.37. The number of urea groups is 1. The van der Waals surface area contributed by atoms with Crippen LogP contribution < -0.4 is 11.1 Å². The van der Waals surface area contributed by atoms with Crippen molar-refractivity contribution < 1.29 is 18.7 Å². The number of hydrogen-bond acceptors (Lipinski definition) is 6. The number of allylic oxidation sites excluding steroid dienone is 1. The fourth-order valence-corrected chi connectivity index (χ4v) is 5.04. The highest BCUT2D eigenvalue weighted by molar-refractivity contribution is 7.12. The molecular formula is C22H22ClFN4O3S. The number of methoxy groups -OCH3 is 1. The molecule has 1 aromatic heterocycles. The quantitative estimate of drug-likeness (QED) is 0.655. The number of amidine groups is 1. The van der Waals surface area contributed by atoms with Crippen molar-refractivity contribution >= 4 is 40.8 Å². The molecule has 0 radical (unpaired) electrons. The van der Waals surface area contributed by atoms with Crippen molar-refractivity contribution in [2.75, 3.05) is 20.2 Å². The molecule has 32 heavy (non-hydrogen) atoms. The first kappa shape index (κ1) is 22.3. The zero-order chi connectivity index (χ0) is 22.8. The number of amides is 2. The molecule has 2 amide bonds. The van der Waals surface area contributed by atoms with Crippen LogP contribution in [0.4, 0.5) is 9.18 Å². The maximum atomic E-state index is 13.7. The van der Waals surface area contributed by atoms with E-state index in [1.54, 1.807) is 11.0 Å². The van der Waals surface area contributed by atoms with Crippen LogP contribution in [0.25, 0.3) is 0 Å². The van der Waals surface area contributed by atoms with Gasteiger partial charge in [-0.15, -0.1) is 11.3 Å². The Morgan fingerprint density at radius 3 is 2.66 bits per heavy atom. The van der Waals surface area contributed by atoms with E-state index in [1.165, 1.54) is 30.6 Å². The van der Waals surface area contributed by atoms with E-state index in [0.29, 0.717) is 48.6 Å². The van der Waals surface area contributed by atoms with Crippen LogP contribution in [0, 0.1) is 11.7 Å². The van der Waals surface area contributed by atoms with Crippen molar-refractivity contribution in [1.82, 2.24) is 10.2 Å². The molecule has 2 aliphatic heterocycles. The number of carbonyl (C=O) groups excluding carboxylic acids is 2. The van der Waals surface area contributed by atoms with Crippen LogP contribution >= 0.6 is 22.9 Å². The maximum absolute atomic E-state index is 13.7. The number of carbonyl (C=O) groups is 2. The Labute approximate surface area is 193 Å². The van der Waals surface area contributed by atoms with Crippen LogP contribution in [-0.4, -0.2) is 42.9 Å². The molecule has 2 aromatic rings. The largest absolute Gasteiger partial charge is 0.466 e. The third kappa shape index (κ3) is 4.35. The van der Waals surface area contributed by atoms with Gasteiger partial charge >= 0.3 is 12.0 Å². The highest BCUT2D eigenvalue weighted by atomic mass is 35.5. The Hall–Kier alpha value is -2.91. The predicted octanol–water partition coefficient (Wildman–Crippen LogP) is 3.85. The number of thiophene rings is 1. The summed E-state index contributed by atoms with van der Waals surface area (Å²) in [5, 5.41) is 5.46. The van der Waals surface area contributed by atoms with Gasteiger partial charge in [-0.25, -0.2) is 14.0 Å². The molecular weight excluding hydrogens is 455 g/mol. The summed E-state index contributed by atoms with van der Waals surface area (Å²) in [6.07, 6.45) is 1.24. The molecule has 1 unspecified atom stereocenters. The second kappa shape index (κ2) is 9.30. The molecule has 168 valence electrons. The summed E-state index contributed by atoms with van der Waals surface area (Å²) >= 11 is 7.88. The van der Waals surface area contributed by atoms with Gasteiger partial charge in [0.2, 0.25) is 0 Å². The van der Waals surface area contributed by atoms with E-state index in [9.17, 15) is 14.0 Å². The van der Waals surface area contributed by atoms with Gasteiger partial charge in [0, 0.05) is 35.3 Å². The number of primary amides is 1. The van der Waals surface area contributed by atoms with E-state index >= 15 is 0 Å². The van der Waals surface area contributed by atoms with E-state index < -0.39 is 23.9 Å². The first-order chi connectivity index (χ1) is 15.4. The fraction of sp³-hybridized carbons (Fsp3) is 0.318. The fourth-order valence-electron chi connectivity index (χ4n) is 4.10. The number of hydrogen-bond donors (Lipinski definition) is 2. The van der Waals surface area contributed by atoms with Crippen molar-refractivity contribution in [2.45, 2.75) is 18.9 Å². The van der Waals surface area contributed by atoms with Crippen LogP contribution in [0.3, 0.4) is 0 Å². The number of ether oxygens (including phenoxy) is 1. The first-order valence-corrected chi connectivity index (χ1v) is 11.3. The summed E-state index contributed by atoms with van der Waals surface area (Å²) in [6.45, 7) is 0.958. The van der Waals surface area contributed by atoms with Gasteiger partial charge in [-0.05, 0) is 36.4 Å². The molecule has 1 aromatic carbocycles. The third-order valence-corrected chi connectivity index (χ3v) is 6.91. The summed E-state index contributed by atoms with van der Waals surface area (Å²) in [5.74, 6) is -0.459. The summed E-state index contributed by atoms with van der Waals surface area (Å²) in [4.78, 5) is 31.8. The van der Waals surface area contributed by atoms with Crippen LogP contribution in [0.5, 0.6) is 0 Å². The van der Waals surface area contributed by atoms with E-state index in [-0.39, 0.29) is 10.9 Å². The molecule has 2 aliphatic rings. The summed E-state index contributed by atoms with van der Waals surface area (Å²) in [6, 6.07) is 6.66. The number of nitrogens with one attached hydrogen (secondary N) is 1. The molecule has 1 fully saturated rings. The zero-order valence-corrected chi connectivity index (χ0v) is 18.9. The second-order valence-corrected chi connectivity index (χ2v) is 8.92. The van der Waals surface area contributed by atoms with Gasteiger partial charge in [-0.3, -0.25) is 4.99 Å². The van der Waals surface area contributed by atoms with Crippen LogP contribution in [0.2, 0.25) is 5.02 Å². The second-order valence-electron chi connectivity index (χ2n) is 7.57. The summed E-state index contributed by atoms with van der Waals surface area (Å²) < 4.78 is 18.8. The smallest absolute Gasteiger partial charge is 0.338 e. The van der Waals surface area contributed by atoms with Crippen molar-refractivity contribution in [3.05, 3.63) is 68.3 Å². The summed E-state index contributed by atoms with van der Waals surface area (Å²) in [7, 11) is 1.31. The van der Waals surface area contributed by atoms with Gasteiger partial charge in [0.1, 0.15) is 17.7 Å². The van der Waals surface area contributed by atoms with Crippen molar-refractivity contribution in [1.29, 1.82) is 0 Å². The Kier molecular flexibility index (Phi) is 6.48. The Balaban J connectivity index is 1.82. The molecule has 1 atom stereocenters. The van der Waals surface area contributed by atoms with Gasteiger partial charge in [0.05, 0.1) is 17.6 Å². The lowest BCUT2D eigenvalue weighted by Gasteiger charge is -2.36. The molecule has 0 saturated carbocycles. The number of piperidine rings is 1. The van der Waals surface area contributed by atoms with Crippen LogP contribution in [-0.2, 0) is 9.53 Å². The summed E-state index contributed by atoms with van der Waals surface area (Å²) in [5.41, 5.74) is 6.95. The van der Waals surface area contributed by atoms with Crippen molar-refractivity contribution in [2.24, 2.45) is 16.6 Å².